The Morgan fingerprint density at radius 2 is 2.08 bits per heavy atom. The first kappa shape index (κ1) is 9.72. The Hall–Kier alpha value is -1.37. The normalized spacial score (nSPS) is 12.1. The Bertz CT molecular complexity index is 287. The molecule has 0 aromatic heterocycles. The molecule has 0 unspecified atom stereocenters. The first-order valence-corrected chi connectivity index (χ1v) is 4.46. The predicted molar refractivity (Wildman–Crippen MR) is 54.8 cm³/mol. The monoisotopic (exact) mass is 174 g/mol. The van der Waals surface area contributed by atoms with Gasteiger partial charge in [0.05, 0.1) is 0 Å². The Balaban J connectivity index is 2.73. The van der Waals surface area contributed by atoms with Crippen molar-refractivity contribution in [3.63, 3.8) is 0 Å². The van der Waals surface area contributed by atoms with Gasteiger partial charge in [0.25, 0.3) is 0 Å². The van der Waals surface area contributed by atoms with Crippen molar-refractivity contribution < 1.29 is 4.79 Å². The van der Waals surface area contributed by atoms with E-state index in [9.17, 15) is 4.79 Å². The van der Waals surface area contributed by atoms with Gasteiger partial charge in [0, 0.05) is 11.5 Å². The van der Waals surface area contributed by atoms with Gasteiger partial charge in [0.1, 0.15) is 0 Å². The van der Waals surface area contributed by atoms with Crippen LogP contribution in [0.25, 0.3) is 0 Å². The molecule has 1 aromatic carbocycles. The zero-order valence-corrected chi connectivity index (χ0v) is 7.86. The minimum Gasteiger partial charge on any atom is -0.294 e. The van der Waals surface area contributed by atoms with E-state index >= 15 is 0 Å². The third kappa shape index (κ3) is 2.55. The van der Waals surface area contributed by atoms with Crippen LogP contribution in [0.5, 0.6) is 0 Å². The van der Waals surface area contributed by atoms with Crippen LogP contribution in [0.2, 0.25) is 0 Å². The maximum Gasteiger partial charge on any atom is 0.165 e. The van der Waals surface area contributed by atoms with E-state index in [1.807, 2.05) is 37.3 Å². The maximum absolute atomic E-state index is 11.7. The van der Waals surface area contributed by atoms with Crippen molar-refractivity contribution >= 4 is 5.78 Å². The summed E-state index contributed by atoms with van der Waals surface area (Å²) in [6.45, 7) is 5.55. The molecule has 1 nitrogen and oxygen atoms in total. The molecule has 0 radical (unpaired) electrons. The van der Waals surface area contributed by atoms with Gasteiger partial charge >= 0.3 is 0 Å². The summed E-state index contributed by atoms with van der Waals surface area (Å²) in [7, 11) is 0. The summed E-state index contributed by atoms with van der Waals surface area (Å²) in [5.74, 6) is 0.236. The lowest BCUT2D eigenvalue weighted by molar-refractivity contribution is 0.0931. The van der Waals surface area contributed by atoms with E-state index in [0.717, 1.165) is 12.0 Å². The van der Waals surface area contributed by atoms with Gasteiger partial charge in [0.2, 0.25) is 0 Å². The molecule has 0 aliphatic carbocycles. The fourth-order valence-corrected chi connectivity index (χ4v) is 1.24. The second kappa shape index (κ2) is 4.61. The molecule has 0 N–H and O–H groups in total. The molecule has 1 heteroatoms. The van der Waals surface area contributed by atoms with Gasteiger partial charge in [-0.25, -0.2) is 0 Å². The molecule has 1 aromatic rings. The number of benzene rings is 1. The summed E-state index contributed by atoms with van der Waals surface area (Å²) in [6.07, 6.45) is 2.53. The lowest BCUT2D eigenvalue weighted by atomic mass is 9.97. The molecule has 0 fully saturated rings. The van der Waals surface area contributed by atoms with Crippen LogP contribution in [0.4, 0.5) is 0 Å². The number of Topliss-reactive ketones (excluding diaryl/α,β-unsaturated/α-hetero) is 1. The highest BCUT2D eigenvalue weighted by molar-refractivity contribution is 5.97. The lowest BCUT2D eigenvalue weighted by Gasteiger charge is -2.06. The Kier molecular flexibility index (Phi) is 3.44. The van der Waals surface area contributed by atoms with Crippen molar-refractivity contribution in [1.82, 2.24) is 0 Å². The molecule has 1 atom stereocenters. The van der Waals surface area contributed by atoms with Crippen molar-refractivity contribution in [2.75, 3.05) is 0 Å². The summed E-state index contributed by atoms with van der Waals surface area (Å²) in [5.41, 5.74) is 0.789. The minimum absolute atomic E-state index is 0.0416. The van der Waals surface area contributed by atoms with Crippen LogP contribution in [0.15, 0.2) is 43.0 Å². The summed E-state index contributed by atoms with van der Waals surface area (Å²) in [4.78, 5) is 11.7. The van der Waals surface area contributed by atoms with Gasteiger partial charge in [-0.3, -0.25) is 4.79 Å². The smallest absolute Gasteiger partial charge is 0.165 e. The molecule has 13 heavy (non-hydrogen) atoms. The van der Waals surface area contributed by atoms with Crippen molar-refractivity contribution in [2.24, 2.45) is 5.92 Å². The predicted octanol–water partition coefficient (Wildman–Crippen LogP) is 3.08. The van der Waals surface area contributed by atoms with E-state index in [1.54, 1.807) is 6.08 Å². The van der Waals surface area contributed by atoms with Crippen molar-refractivity contribution in [2.45, 2.75) is 13.3 Å². The van der Waals surface area contributed by atoms with Crippen molar-refractivity contribution in [3.05, 3.63) is 48.6 Å². The van der Waals surface area contributed by atoms with Crippen LogP contribution in [0, 0.1) is 5.92 Å². The summed E-state index contributed by atoms with van der Waals surface area (Å²) >= 11 is 0. The third-order valence-corrected chi connectivity index (χ3v) is 2.03. The zero-order chi connectivity index (χ0) is 9.68. The van der Waals surface area contributed by atoms with Crippen LogP contribution >= 0.6 is 0 Å². The van der Waals surface area contributed by atoms with E-state index in [1.165, 1.54) is 0 Å². The van der Waals surface area contributed by atoms with Gasteiger partial charge in [0.15, 0.2) is 5.78 Å². The van der Waals surface area contributed by atoms with E-state index in [2.05, 4.69) is 6.58 Å². The molecule has 0 heterocycles. The molecular weight excluding hydrogens is 160 g/mol. The van der Waals surface area contributed by atoms with Crippen molar-refractivity contribution in [3.8, 4) is 0 Å². The highest BCUT2D eigenvalue weighted by Gasteiger charge is 2.12. The molecule has 68 valence electrons. The second-order valence-corrected chi connectivity index (χ2v) is 3.16. The zero-order valence-electron chi connectivity index (χ0n) is 7.86. The average molecular weight is 174 g/mol. The molecule has 0 amide bonds. The van der Waals surface area contributed by atoms with E-state index in [-0.39, 0.29) is 11.7 Å². The number of carbonyl (C=O) groups excluding carboxylic acids is 1. The number of allylic oxidation sites excluding steroid dienone is 1. The fraction of sp³-hybridized carbons (Fsp3) is 0.250. The van der Waals surface area contributed by atoms with Crippen molar-refractivity contribution in [1.29, 1.82) is 0 Å². The average Bonchev–Trinajstić information content (AvgIpc) is 2.18. The fourth-order valence-electron chi connectivity index (χ4n) is 1.24. The van der Waals surface area contributed by atoms with E-state index in [4.69, 9.17) is 0 Å². The number of hydrogen-bond donors (Lipinski definition) is 0. The quantitative estimate of drug-likeness (QED) is 0.506. The molecule has 0 aliphatic rings. The Labute approximate surface area is 79.1 Å². The van der Waals surface area contributed by atoms with E-state index < -0.39 is 0 Å². The first-order chi connectivity index (χ1) is 6.25. The van der Waals surface area contributed by atoms with Crippen LogP contribution in [0.3, 0.4) is 0 Å². The SMILES string of the molecule is C=CC[C@H](C)C(=O)c1ccccc1. The van der Waals surface area contributed by atoms with E-state index in [0.29, 0.717) is 0 Å². The number of carbonyl (C=O) groups is 1. The largest absolute Gasteiger partial charge is 0.294 e. The number of rotatable bonds is 4. The lowest BCUT2D eigenvalue weighted by Crippen LogP contribution is -2.09. The van der Waals surface area contributed by atoms with Crippen LogP contribution in [0.1, 0.15) is 23.7 Å². The van der Waals surface area contributed by atoms with Gasteiger partial charge in [-0.05, 0) is 6.42 Å². The highest BCUT2D eigenvalue weighted by Crippen LogP contribution is 2.11. The van der Waals surface area contributed by atoms with Gasteiger partial charge < -0.3 is 0 Å². The summed E-state index contributed by atoms with van der Waals surface area (Å²) < 4.78 is 0. The Morgan fingerprint density at radius 1 is 1.46 bits per heavy atom. The van der Waals surface area contributed by atoms with Gasteiger partial charge in [-0.1, -0.05) is 43.3 Å². The van der Waals surface area contributed by atoms with Crippen LogP contribution in [-0.4, -0.2) is 5.78 Å². The highest BCUT2D eigenvalue weighted by atomic mass is 16.1. The number of ketones is 1. The standard InChI is InChI=1S/C12H14O/c1-3-7-10(2)12(13)11-8-5-4-6-9-11/h3-6,8-10H,1,7H2,2H3/t10-/m0/s1. The number of hydrogen-bond acceptors (Lipinski definition) is 1. The molecule has 0 bridgehead atoms. The van der Waals surface area contributed by atoms with Gasteiger partial charge in [-0.15, -0.1) is 6.58 Å². The minimum atomic E-state index is 0.0416. The first-order valence-electron chi connectivity index (χ1n) is 4.46. The molecule has 0 saturated carbocycles. The third-order valence-electron chi connectivity index (χ3n) is 2.03. The molecule has 0 spiro atoms. The van der Waals surface area contributed by atoms with Gasteiger partial charge in [-0.2, -0.15) is 0 Å². The summed E-state index contributed by atoms with van der Waals surface area (Å²) in [5, 5.41) is 0. The molecule has 1 rings (SSSR count). The maximum atomic E-state index is 11.7. The van der Waals surface area contributed by atoms with Crippen LogP contribution < -0.4 is 0 Å². The second-order valence-electron chi connectivity index (χ2n) is 3.16. The molecular formula is C12H14O. The topological polar surface area (TPSA) is 17.1 Å². The Morgan fingerprint density at radius 3 is 2.62 bits per heavy atom. The summed E-state index contributed by atoms with van der Waals surface area (Å²) in [6, 6.07) is 9.38. The van der Waals surface area contributed by atoms with Crippen LogP contribution in [-0.2, 0) is 0 Å². The molecule has 0 saturated heterocycles. The molecule has 0 aliphatic heterocycles.